The predicted octanol–water partition coefficient (Wildman–Crippen LogP) is 0.679. The molecule has 0 aliphatic carbocycles. The first-order chi connectivity index (χ1) is 17.5. The SMILES string of the molecule is CC[C@@H](CO)N1C(=O)[C@@H]2[C@H]3C(=O)OCCC/C=C\[C@H]3S[C@@]23C=CCN(CCN2CCOCC2)C(=O)C13. The lowest BCUT2D eigenvalue weighted by atomic mass is 9.78. The number of thioether (sulfide) groups is 1. The number of hydrogen-bond acceptors (Lipinski definition) is 8. The van der Waals surface area contributed by atoms with E-state index in [2.05, 4.69) is 11.0 Å². The molecule has 5 heterocycles. The summed E-state index contributed by atoms with van der Waals surface area (Å²) in [4.78, 5) is 47.3. The van der Waals surface area contributed by atoms with Gasteiger partial charge >= 0.3 is 5.97 Å². The zero-order valence-electron chi connectivity index (χ0n) is 20.9. The largest absolute Gasteiger partial charge is 0.465 e. The fourth-order valence-electron chi connectivity index (χ4n) is 6.33. The topological polar surface area (TPSA) is 99.6 Å². The fraction of sp³-hybridized carbons (Fsp3) is 0.731. The number of nitrogens with zero attached hydrogens (tertiary/aromatic N) is 3. The number of likely N-dealkylation sites (tertiary alicyclic amines) is 1. The second kappa shape index (κ2) is 10.8. The lowest BCUT2D eigenvalue weighted by Gasteiger charge is -2.38. The first kappa shape index (κ1) is 25.8. The quantitative estimate of drug-likeness (QED) is 0.404. The van der Waals surface area contributed by atoms with Crippen LogP contribution in [-0.4, -0.2) is 119 Å². The van der Waals surface area contributed by atoms with Crippen LogP contribution in [0, 0.1) is 11.8 Å². The highest BCUT2D eigenvalue weighted by atomic mass is 32.2. The van der Waals surface area contributed by atoms with E-state index in [9.17, 15) is 19.5 Å². The molecule has 3 fully saturated rings. The molecule has 6 atom stereocenters. The summed E-state index contributed by atoms with van der Waals surface area (Å²) in [5.41, 5.74) is 0. The van der Waals surface area contributed by atoms with E-state index in [0.29, 0.717) is 39.3 Å². The van der Waals surface area contributed by atoms with Crippen LogP contribution in [0.25, 0.3) is 0 Å². The van der Waals surface area contributed by atoms with Crippen molar-refractivity contribution in [3.05, 3.63) is 24.3 Å². The molecule has 36 heavy (non-hydrogen) atoms. The van der Waals surface area contributed by atoms with Gasteiger partial charge in [-0.1, -0.05) is 31.2 Å². The van der Waals surface area contributed by atoms with Crippen molar-refractivity contribution in [1.82, 2.24) is 14.7 Å². The number of amides is 2. The lowest BCUT2D eigenvalue weighted by molar-refractivity contribution is -0.153. The number of allylic oxidation sites excluding steroid dienone is 1. The van der Waals surface area contributed by atoms with E-state index < -0.39 is 28.7 Å². The van der Waals surface area contributed by atoms with Crippen LogP contribution in [0.4, 0.5) is 0 Å². The Hall–Kier alpha value is -1.88. The minimum Gasteiger partial charge on any atom is -0.465 e. The summed E-state index contributed by atoms with van der Waals surface area (Å²) in [6.45, 7) is 6.84. The van der Waals surface area contributed by atoms with Gasteiger partial charge in [0.1, 0.15) is 6.04 Å². The lowest BCUT2D eigenvalue weighted by Crippen LogP contribution is -2.57. The fourth-order valence-corrected chi connectivity index (χ4v) is 8.32. The van der Waals surface area contributed by atoms with Gasteiger partial charge in [0.05, 0.1) is 49.1 Å². The average molecular weight is 520 g/mol. The summed E-state index contributed by atoms with van der Waals surface area (Å²) >= 11 is 1.55. The van der Waals surface area contributed by atoms with Crippen molar-refractivity contribution in [2.75, 3.05) is 59.2 Å². The molecule has 10 heteroatoms. The van der Waals surface area contributed by atoms with Crippen molar-refractivity contribution in [3.63, 3.8) is 0 Å². The average Bonchev–Trinajstić information content (AvgIpc) is 3.30. The van der Waals surface area contributed by atoms with Crippen molar-refractivity contribution < 1.29 is 29.0 Å². The third-order valence-electron chi connectivity index (χ3n) is 8.24. The van der Waals surface area contributed by atoms with Crippen molar-refractivity contribution in [2.45, 2.75) is 48.3 Å². The van der Waals surface area contributed by atoms with Gasteiger partial charge < -0.3 is 24.4 Å². The molecule has 3 saturated heterocycles. The van der Waals surface area contributed by atoms with E-state index >= 15 is 0 Å². The number of morpholine rings is 1. The van der Waals surface area contributed by atoms with Gasteiger partial charge in [-0.25, -0.2) is 0 Å². The van der Waals surface area contributed by atoms with Gasteiger partial charge in [-0.05, 0) is 19.3 Å². The number of fused-ring (bicyclic) bond motifs is 2. The Bertz CT molecular complexity index is 917. The molecular formula is C26H37N3O6S. The Balaban J connectivity index is 1.50. The van der Waals surface area contributed by atoms with Gasteiger partial charge in [0, 0.05) is 38.0 Å². The molecule has 2 amide bonds. The number of carbonyl (C=O) groups excluding carboxylic acids is 3. The summed E-state index contributed by atoms with van der Waals surface area (Å²) in [5.74, 6) is -2.04. The number of ether oxygens (including phenoxy) is 2. The minimum absolute atomic E-state index is 0.104. The monoisotopic (exact) mass is 519 g/mol. The molecule has 9 nitrogen and oxygen atoms in total. The minimum atomic E-state index is -0.873. The summed E-state index contributed by atoms with van der Waals surface area (Å²) in [5, 5.41) is 9.95. The molecule has 1 unspecified atom stereocenters. The zero-order chi connectivity index (χ0) is 25.3. The molecular weight excluding hydrogens is 482 g/mol. The first-order valence-electron chi connectivity index (χ1n) is 13.2. The predicted molar refractivity (Wildman–Crippen MR) is 135 cm³/mol. The number of hydrogen-bond donors (Lipinski definition) is 1. The highest BCUT2D eigenvalue weighted by molar-refractivity contribution is 8.02. The summed E-state index contributed by atoms with van der Waals surface area (Å²) in [6.07, 6.45) is 10.2. The smallest absolute Gasteiger partial charge is 0.311 e. The maximum Gasteiger partial charge on any atom is 0.311 e. The Labute approximate surface area is 216 Å². The third-order valence-corrected chi connectivity index (χ3v) is 9.98. The van der Waals surface area contributed by atoms with Crippen LogP contribution >= 0.6 is 11.8 Å². The van der Waals surface area contributed by atoms with Gasteiger partial charge in [-0.3, -0.25) is 19.3 Å². The molecule has 0 saturated carbocycles. The number of aliphatic hydroxyl groups is 1. The maximum absolute atomic E-state index is 14.2. The van der Waals surface area contributed by atoms with Crippen molar-refractivity contribution in [2.24, 2.45) is 11.8 Å². The van der Waals surface area contributed by atoms with Crippen LogP contribution in [0.15, 0.2) is 24.3 Å². The van der Waals surface area contributed by atoms with E-state index in [-0.39, 0.29) is 29.6 Å². The molecule has 0 bridgehead atoms. The van der Waals surface area contributed by atoms with Gasteiger partial charge in [0.25, 0.3) is 0 Å². The van der Waals surface area contributed by atoms with Crippen molar-refractivity contribution in [3.8, 4) is 0 Å². The number of rotatable bonds is 6. The molecule has 1 spiro atoms. The molecule has 5 rings (SSSR count). The summed E-state index contributed by atoms with van der Waals surface area (Å²) < 4.78 is 10.2. The standard InChI is InChI=1S/C26H37N3O6S/c1-2-18(17-30)29-22-24(32)28(11-10-27-12-15-34-16-13-27)9-6-8-26(22)21(23(29)31)20-19(36-26)7-4-3-5-14-35-25(20)33/h4,6-8,18-22,30H,2-3,5,9-17H2,1H3/b7-4-/t18-,19+,20-,21-,22?,26-/m0/s1. The van der Waals surface area contributed by atoms with E-state index in [1.165, 1.54) is 0 Å². The van der Waals surface area contributed by atoms with Crippen LogP contribution in [0.2, 0.25) is 0 Å². The second-order valence-corrected chi connectivity index (χ2v) is 11.7. The first-order valence-corrected chi connectivity index (χ1v) is 14.1. The Kier molecular flexibility index (Phi) is 7.76. The van der Waals surface area contributed by atoms with Crippen LogP contribution in [-0.2, 0) is 23.9 Å². The van der Waals surface area contributed by atoms with Crippen molar-refractivity contribution in [1.29, 1.82) is 0 Å². The van der Waals surface area contributed by atoms with Gasteiger partial charge in [0.2, 0.25) is 11.8 Å². The van der Waals surface area contributed by atoms with E-state index in [4.69, 9.17) is 9.47 Å². The number of carbonyl (C=O) groups is 3. The molecule has 1 N–H and O–H groups in total. The summed E-state index contributed by atoms with van der Waals surface area (Å²) in [6, 6.07) is -1.25. The molecule has 5 aliphatic rings. The Morgan fingerprint density at radius 2 is 1.94 bits per heavy atom. The zero-order valence-corrected chi connectivity index (χ0v) is 21.7. The number of aliphatic hydroxyl groups excluding tert-OH is 1. The third kappa shape index (κ3) is 4.40. The van der Waals surface area contributed by atoms with Crippen LogP contribution in [0.1, 0.15) is 26.2 Å². The Morgan fingerprint density at radius 3 is 2.69 bits per heavy atom. The van der Waals surface area contributed by atoms with Crippen molar-refractivity contribution >= 4 is 29.5 Å². The van der Waals surface area contributed by atoms with Gasteiger partial charge in [0.15, 0.2) is 0 Å². The normalized spacial score (nSPS) is 36.8. The summed E-state index contributed by atoms with van der Waals surface area (Å²) in [7, 11) is 0. The second-order valence-electron chi connectivity index (χ2n) is 10.2. The highest BCUT2D eigenvalue weighted by Gasteiger charge is 2.71. The van der Waals surface area contributed by atoms with Gasteiger partial charge in [-0.15, -0.1) is 11.8 Å². The van der Waals surface area contributed by atoms with E-state index in [1.807, 2.05) is 30.1 Å². The van der Waals surface area contributed by atoms with Crippen LogP contribution in [0.5, 0.6) is 0 Å². The molecule has 0 aromatic carbocycles. The maximum atomic E-state index is 14.2. The van der Waals surface area contributed by atoms with Crippen LogP contribution in [0.3, 0.4) is 0 Å². The van der Waals surface area contributed by atoms with E-state index in [0.717, 1.165) is 32.5 Å². The molecule has 0 radical (unpaired) electrons. The molecule has 0 aromatic heterocycles. The number of cyclic esters (lactones) is 1. The molecule has 198 valence electrons. The Morgan fingerprint density at radius 1 is 1.14 bits per heavy atom. The van der Waals surface area contributed by atoms with Gasteiger partial charge in [-0.2, -0.15) is 0 Å². The highest BCUT2D eigenvalue weighted by Crippen LogP contribution is 2.61. The number of esters is 1. The molecule has 0 aromatic rings. The molecule has 5 aliphatic heterocycles. The van der Waals surface area contributed by atoms with Crippen LogP contribution < -0.4 is 0 Å². The van der Waals surface area contributed by atoms with E-state index in [1.54, 1.807) is 16.7 Å².